The van der Waals surface area contributed by atoms with Crippen molar-refractivity contribution in [2.45, 2.75) is 17.5 Å². The second-order valence-corrected chi connectivity index (χ2v) is 10.3. The Hall–Kier alpha value is -4.56. The van der Waals surface area contributed by atoms with Gasteiger partial charge in [0.05, 0.1) is 24.6 Å². The SMILES string of the molecule is COc1ccc(C2CC(c3ccccc3)=NN2C(=O)CSc2nnc(-c3ccc(F)cc3)c3ccccc23)cc1. The number of nitrogens with zero attached hydrogens (tertiary/aromatic N) is 4. The molecule has 5 aromatic rings. The number of benzene rings is 4. The molecular weight excluding hydrogens is 523 g/mol. The van der Waals surface area contributed by atoms with E-state index in [1.54, 1.807) is 24.3 Å². The number of thioether (sulfide) groups is 1. The number of rotatable bonds is 7. The molecule has 0 spiro atoms. The first kappa shape index (κ1) is 25.7. The molecule has 0 N–H and O–H groups in total. The number of fused-ring (bicyclic) bond motifs is 1. The average Bonchev–Trinajstić information content (AvgIpc) is 3.46. The lowest BCUT2D eigenvalue weighted by atomic mass is 9.98. The maximum absolute atomic E-state index is 13.6. The number of methoxy groups -OCH3 is 1. The third kappa shape index (κ3) is 5.18. The van der Waals surface area contributed by atoms with Gasteiger partial charge in [0.1, 0.15) is 22.3 Å². The summed E-state index contributed by atoms with van der Waals surface area (Å²) in [6, 6.07) is 31.5. The molecule has 1 amide bonds. The Morgan fingerprint density at radius 1 is 0.875 bits per heavy atom. The van der Waals surface area contributed by atoms with Gasteiger partial charge in [-0.05, 0) is 47.5 Å². The van der Waals surface area contributed by atoms with E-state index in [0.717, 1.165) is 38.9 Å². The largest absolute Gasteiger partial charge is 0.497 e. The van der Waals surface area contributed by atoms with Gasteiger partial charge in [-0.15, -0.1) is 10.2 Å². The summed E-state index contributed by atoms with van der Waals surface area (Å²) in [5.74, 6) is 0.478. The van der Waals surface area contributed by atoms with Crippen LogP contribution in [0.5, 0.6) is 5.75 Å². The molecule has 198 valence electrons. The molecule has 0 saturated carbocycles. The van der Waals surface area contributed by atoms with Crippen LogP contribution in [0, 0.1) is 5.82 Å². The van der Waals surface area contributed by atoms with Crippen molar-refractivity contribution in [3.8, 4) is 17.0 Å². The maximum atomic E-state index is 13.6. The summed E-state index contributed by atoms with van der Waals surface area (Å²) in [5, 5.41) is 17.7. The van der Waals surface area contributed by atoms with Gasteiger partial charge in [-0.3, -0.25) is 4.79 Å². The zero-order valence-electron chi connectivity index (χ0n) is 21.7. The molecule has 0 fully saturated rings. The molecule has 1 aliphatic rings. The Labute approximate surface area is 235 Å². The number of halogens is 1. The zero-order chi connectivity index (χ0) is 27.5. The van der Waals surface area contributed by atoms with Gasteiger partial charge in [0.15, 0.2) is 0 Å². The van der Waals surface area contributed by atoms with E-state index in [0.29, 0.717) is 17.1 Å². The number of hydrazone groups is 1. The molecule has 8 heteroatoms. The molecule has 0 bridgehead atoms. The van der Waals surface area contributed by atoms with E-state index < -0.39 is 0 Å². The first-order valence-electron chi connectivity index (χ1n) is 12.8. The lowest BCUT2D eigenvalue weighted by molar-refractivity contribution is -0.130. The fourth-order valence-electron chi connectivity index (χ4n) is 4.83. The van der Waals surface area contributed by atoms with E-state index in [4.69, 9.17) is 9.84 Å². The van der Waals surface area contributed by atoms with Gasteiger partial charge in [0.25, 0.3) is 5.91 Å². The van der Waals surface area contributed by atoms with Crippen LogP contribution in [0.4, 0.5) is 4.39 Å². The summed E-state index contributed by atoms with van der Waals surface area (Å²) < 4.78 is 18.8. The summed E-state index contributed by atoms with van der Waals surface area (Å²) in [4.78, 5) is 13.6. The molecule has 1 atom stereocenters. The van der Waals surface area contributed by atoms with Crippen molar-refractivity contribution in [1.29, 1.82) is 0 Å². The van der Waals surface area contributed by atoms with Crippen LogP contribution in [0.2, 0.25) is 0 Å². The lowest BCUT2D eigenvalue weighted by Crippen LogP contribution is -2.28. The van der Waals surface area contributed by atoms with Crippen LogP contribution in [-0.2, 0) is 4.79 Å². The quantitative estimate of drug-likeness (QED) is 0.207. The van der Waals surface area contributed by atoms with E-state index >= 15 is 0 Å². The van der Waals surface area contributed by atoms with E-state index in [1.807, 2.05) is 78.9 Å². The van der Waals surface area contributed by atoms with Gasteiger partial charge in [0.2, 0.25) is 0 Å². The number of hydrogen-bond donors (Lipinski definition) is 0. The Balaban J connectivity index is 1.27. The molecule has 0 saturated heterocycles. The van der Waals surface area contributed by atoms with Crippen LogP contribution in [0.25, 0.3) is 22.0 Å². The van der Waals surface area contributed by atoms with E-state index in [-0.39, 0.29) is 23.5 Å². The fraction of sp³-hybridized carbons (Fsp3) is 0.125. The summed E-state index contributed by atoms with van der Waals surface area (Å²) >= 11 is 1.34. The van der Waals surface area contributed by atoms with Crippen molar-refractivity contribution in [2.75, 3.05) is 12.9 Å². The van der Waals surface area contributed by atoms with Gasteiger partial charge in [-0.25, -0.2) is 9.40 Å². The first-order valence-corrected chi connectivity index (χ1v) is 13.8. The van der Waals surface area contributed by atoms with Crippen molar-refractivity contribution in [2.24, 2.45) is 5.10 Å². The minimum atomic E-state index is -0.306. The predicted octanol–water partition coefficient (Wildman–Crippen LogP) is 6.91. The number of ether oxygens (including phenoxy) is 1. The van der Waals surface area contributed by atoms with Crippen molar-refractivity contribution < 1.29 is 13.9 Å². The van der Waals surface area contributed by atoms with Crippen LogP contribution < -0.4 is 4.74 Å². The smallest absolute Gasteiger partial charge is 0.253 e. The standard InChI is InChI=1S/C32H25FN4O2S/c1-39-25-17-13-22(14-18-25)29-19-28(21-7-3-2-4-8-21)36-37(29)30(38)20-40-32-27-10-6-5-9-26(27)31(34-35-32)23-11-15-24(33)16-12-23/h2-18,29H,19-20H2,1H3. The number of aromatic nitrogens is 2. The highest BCUT2D eigenvalue weighted by molar-refractivity contribution is 8.00. The summed E-state index contributed by atoms with van der Waals surface area (Å²) in [7, 11) is 1.63. The number of carbonyl (C=O) groups excluding carboxylic acids is 1. The lowest BCUT2D eigenvalue weighted by Gasteiger charge is -2.22. The van der Waals surface area contributed by atoms with Gasteiger partial charge in [0, 0.05) is 22.8 Å². The molecule has 0 radical (unpaired) electrons. The second kappa shape index (κ2) is 11.3. The van der Waals surface area contributed by atoms with Gasteiger partial charge in [-0.2, -0.15) is 5.10 Å². The normalized spacial score (nSPS) is 14.8. The van der Waals surface area contributed by atoms with Crippen LogP contribution >= 0.6 is 11.8 Å². The third-order valence-corrected chi connectivity index (χ3v) is 7.84. The van der Waals surface area contributed by atoms with Gasteiger partial charge >= 0.3 is 0 Å². The monoisotopic (exact) mass is 548 g/mol. The molecule has 1 aromatic heterocycles. The van der Waals surface area contributed by atoms with Crippen molar-refractivity contribution >= 4 is 34.2 Å². The average molecular weight is 549 g/mol. The van der Waals surface area contributed by atoms with Crippen LogP contribution in [0.1, 0.15) is 23.6 Å². The Bertz CT molecular complexity index is 1690. The highest BCUT2D eigenvalue weighted by Crippen LogP contribution is 2.36. The highest BCUT2D eigenvalue weighted by Gasteiger charge is 2.33. The van der Waals surface area contributed by atoms with E-state index in [2.05, 4.69) is 10.2 Å². The molecule has 1 aliphatic heterocycles. The van der Waals surface area contributed by atoms with Crippen LogP contribution in [0.3, 0.4) is 0 Å². The molecular formula is C32H25FN4O2S. The van der Waals surface area contributed by atoms with E-state index in [1.165, 1.54) is 23.9 Å². The summed E-state index contributed by atoms with van der Waals surface area (Å²) in [6.45, 7) is 0. The Kier molecular flexibility index (Phi) is 7.25. The minimum Gasteiger partial charge on any atom is -0.497 e. The topological polar surface area (TPSA) is 67.7 Å². The van der Waals surface area contributed by atoms with Gasteiger partial charge in [-0.1, -0.05) is 78.5 Å². The van der Waals surface area contributed by atoms with Crippen molar-refractivity contribution in [1.82, 2.24) is 15.2 Å². The predicted molar refractivity (Wildman–Crippen MR) is 156 cm³/mol. The minimum absolute atomic E-state index is 0.120. The molecule has 4 aromatic carbocycles. The van der Waals surface area contributed by atoms with Crippen LogP contribution in [0.15, 0.2) is 113 Å². The van der Waals surface area contributed by atoms with E-state index in [9.17, 15) is 9.18 Å². The zero-order valence-corrected chi connectivity index (χ0v) is 22.5. The first-order chi connectivity index (χ1) is 19.6. The highest BCUT2D eigenvalue weighted by atomic mass is 32.2. The number of amides is 1. The molecule has 2 heterocycles. The summed E-state index contributed by atoms with van der Waals surface area (Å²) in [6.07, 6.45) is 0.613. The van der Waals surface area contributed by atoms with Crippen molar-refractivity contribution in [3.63, 3.8) is 0 Å². The Morgan fingerprint density at radius 3 is 2.30 bits per heavy atom. The number of carbonyl (C=O) groups is 1. The molecule has 6 rings (SSSR count). The van der Waals surface area contributed by atoms with Crippen LogP contribution in [-0.4, -0.2) is 39.7 Å². The molecule has 1 unspecified atom stereocenters. The molecule has 40 heavy (non-hydrogen) atoms. The fourth-order valence-corrected chi connectivity index (χ4v) is 5.66. The maximum Gasteiger partial charge on any atom is 0.253 e. The van der Waals surface area contributed by atoms with Crippen molar-refractivity contribution in [3.05, 3.63) is 120 Å². The second-order valence-electron chi connectivity index (χ2n) is 9.34. The third-order valence-electron chi connectivity index (χ3n) is 6.88. The molecule has 6 nitrogen and oxygen atoms in total. The van der Waals surface area contributed by atoms with Gasteiger partial charge < -0.3 is 4.74 Å². The summed E-state index contributed by atoms with van der Waals surface area (Å²) in [5.41, 5.74) is 4.30. The number of hydrogen-bond acceptors (Lipinski definition) is 6. The molecule has 0 aliphatic carbocycles. The Morgan fingerprint density at radius 2 is 1.57 bits per heavy atom.